The predicted octanol–water partition coefficient (Wildman–Crippen LogP) is 0.912. The Morgan fingerprint density at radius 3 is 2.65 bits per heavy atom. The molecule has 0 unspecified atom stereocenters. The Bertz CT molecular complexity index is 424. The van der Waals surface area contributed by atoms with Gasteiger partial charge >= 0.3 is 0 Å². The molecule has 1 N–H and O–H groups in total. The van der Waals surface area contributed by atoms with Gasteiger partial charge in [-0.1, -0.05) is 12.1 Å². The molecule has 1 saturated heterocycles. The second-order valence-electron chi connectivity index (χ2n) is 3.80. The molecule has 1 fully saturated rings. The molecular formula is C12H14ClN3O. The molecule has 1 aromatic carbocycles. The molecule has 0 aromatic heterocycles. The molecule has 1 amide bonds. The molecule has 1 aromatic rings. The van der Waals surface area contributed by atoms with Gasteiger partial charge in [0.05, 0.1) is 18.2 Å². The van der Waals surface area contributed by atoms with Crippen LogP contribution >= 0.6 is 12.4 Å². The molecule has 0 saturated carbocycles. The lowest BCUT2D eigenvalue weighted by Gasteiger charge is -2.27. The van der Waals surface area contributed by atoms with Gasteiger partial charge in [0, 0.05) is 19.6 Å². The maximum absolute atomic E-state index is 11.5. The van der Waals surface area contributed by atoms with E-state index in [9.17, 15) is 4.79 Å². The van der Waals surface area contributed by atoms with E-state index < -0.39 is 0 Å². The molecule has 0 bridgehead atoms. The van der Waals surface area contributed by atoms with Crippen molar-refractivity contribution in [2.75, 3.05) is 19.6 Å². The average molecular weight is 252 g/mol. The number of carbonyl (C=O) groups is 1. The van der Waals surface area contributed by atoms with Crippen molar-refractivity contribution in [2.24, 2.45) is 0 Å². The number of hydrogen-bond acceptors (Lipinski definition) is 3. The first-order valence-corrected chi connectivity index (χ1v) is 5.27. The Hall–Kier alpha value is -1.57. The quantitative estimate of drug-likeness (QED) is 0.850. The number of carbonyl (C=O) groups excluding carboxylic acids is 1. The van der Waals surface area contributed by atoms with Gasteiger partial charge in [0.1, 0.15) is 0 Å². The second-order valence-corrected chi connectivity index (χ2v) is 3.80. The first-order chi connectivity index (χ1) is 7.79. The van der Waals surface area contributed by atoms with Gasteiger partial charge in [-0.25, -0.2) is 0 Å². The van der Waals surface area contributed by atoms with E-state index in [0.29, 0.717) is 18.7 Å². The lowest BCUT2D eigenvalue weighted by atomic mass is 10.1. The van der Waals surface area contributed by atoms with Gasteiger partial charge in [0.15, 0.2) is 0 Å². The second kappa shape index (κ2) is 6.24. The number of amides is 1. The number of rotatable bonds is 2. The van der Waals surface area contributed by atoms with E-state index in [-0.39, 0.29) is 18.3 Å². The number of hydrogen-bond donors (Lipinski definition) is 1. The summed E-state index contributed by atoms with van der Waals surface area (Å²) in [6.07, 6.45) is 0. The Labute approximate surface area is 107 Å². The average Bonchev–Trinajstić information content (AvgIpc) is 2.33. The predicted molar refractivity (Wildman–Crippen MR) is 66.7 cm³/mol. The monoisotopic (exact) mass is 251 g/mol. The zero-order chi connectivity index (χ0) is 11.4. The van der Waals surface area contributed by atoms with Crippen molar-refractivity contribution in [3.63, 3.8) is 0 Å². The van der Waals surface area contributed by atoms with Gasteiger partial charge in [0.2, 0.25) is 5.91 Å². The summed E-state index contributed by atoms with van der Waals surface area (Å²) in [4.78, 5) is 13.4. The number of nitrogens with one attached hydrogen (secondary N) is 1. The fourth-order valence-electron chi connectivity index (χ4n) is 1.72. The Morgan fingerprint density at radius 1 is 1.35 bits per heavy atom. The highest BCUT2D eigenvalue weighted by Crippen LogP contribution is 2.08. The molecule has 5 heteroatoms. The van der Waals surface area contributed by atoms with Crippen LogP contribution in [-0.2, 0) is 11.3 Å². The summed E-state index contributed by atoms with van der Waals surface area (Å²) in [5, 5.41) is 11.7. The van der Waals surface area contributed by atoms with Crippen molar-refractivity contribution in [1.82, 2.24) is 10.2 Å². The van der Waals surface area contributed by atoms with Crippen LogP contribution in [0.15, 0.2) is 24.3 Å². The van der Waals surface area contributed by atoms with E-state index in [1.807, 2.05) is 17.0 Å². The van der Waals surface area contributed by atoms with E-state index in [4.69, 9.17) is 5.26 Å². The van der Waals surface area contributed by atoms with Crippen molar-refractivity contribution in [1.29, 1.82) is 5.26 Å². The molecule has 17 heavy (non-hydrogen) atoms. The van der Waals surface area contributed by atoms with Gasteiger partial charge in [-0.2, -0.15) is 5.26 Å². The van der Waals surface area contributed by atoms with Crippen molar-refractivity contribution >= 4 is 18.3 Å². The summed E-state index contributed by atoms with van der Waals surface area (Å²) in [6.45, 7) is 2.66. The molecule has 1 aliphatic heterocycles. The summed E-state index contributed by atoms with van der Waals surface area (Å²) >= 11 is 0. The van der Waals surface area contributed by atoms with Crippen LogP contribution in [0.25, 0.3) is 0 Å². The Balaban J connectivity index is 0.00000144. The first-order valence-electron chi connectivity index (χ1n) is 5.27. The molecule has 4 nitrogen and oxygen atoms in total. The van der Waals surface area contributed by atoms with Crippen LogP contribution in [0, 0.1) is 11.3 Å². The third kappa shape index (κ3) is 3.45. The number of halogens is 1. The summed E-state index contributed by atoms with van der Waals surface area (Å²) in [5.41, 5.74) is 1.71. The summed E-state index contributed by atoms with van der Waals surface area (Å²) in [5.74, 6) is 0.135. The molecule has 90 valence electrons. The highest BCUT2D eigenvalue weighted by Gasteiger charge is 2.17. The van der Waals surface area contributed by atoms with E-state index >= 15 is 0 Å². The minimum atomic E-state index is 0. The van der Waals surface area contributed by atoms with Gasteiger partial charge in [-0.3, -0.25) is 4.79 Å². The molecular weight excluding hydrogens is 238 g/mol. The van der Waals surface area contributed by atoms with Gasteiger partial charge in [-0.15, -0.1) is 12.4 Å². The van der Waals surface area contributed by atoms with E-state index in [1.54, 1.807) is 12.1 Å². The van der Waals surface area contributed by atoms with Crippen molar-refractivity contribution in [3.8, 4) is 6.07 Å². The molecule has 1 aliphatic rings. The lowest BCUT2D eigenvalue weighted by Crippen LogP contribution is -2.47. The minimum absolute atomic E-state index is 0. The standard InChI is InChI=1S/C12H13N3O.ClH/c13-7-10-1-3-11(4-2-10)9-15-6-5-14-8-12(15)16;/h1-4,14H,5-6,8-9H2;1H. The number of nitriles is 1. The van der Waals surface area contributed by atoms with E-state index in [0.717, 1.165) is 18.7 Å². The van der Waals surface area contributed by atoms with E-state index in [1.165, 1.54) is 0 Å². The van der Waals surface area contributed by atoms with Crippen LogP contribution < -0.4 is 5.32 Å². The van der Waals surface area contributed by atoms with Crippen LogP contribution in [0.1, 0.15) is 11.1 Å². The maximum atomic E-state index is 11.5. The van der Waals surface area contributed by atoms with Crippen LogP contribution in [0.5, 0.6) is 0 Å². The third-order valence-corrected chi connectivity index (χ3v) is 2.64. The zero-order valence-corrected chi connectivity index (χ0v) is 10.2. The first kappa shape index (κ1) is 13.5. The van der Waals surface area contributed by atoms with E-state index in [2.05, 4.69) is 11.4 Å². The smallest absolute Gasteiger partial charge is 0.236 e. The summed E-state index contributed by atoms with van der Waals surface area (Å²) < 4.78 is 0. The fraction of sp³-hybridized carbons (Fsp3) is 0.333. The molecule has 0 atom stereocenters. The fourth-order valence-corrected chi connectivity index (χ4v) is 1.72. The van der Waals surface area contributed by atoms with Gasteiger partial charge in [0.25, 0.3) is 0 Å². The normalized spacial score (nSPS) is 15.0. The van der Waals surface area contributed by atoms with Crippen LogP contribution in [0.2, 0.25) is 0 Å². The topological polar surface area (TPSA) is 56.1 Å². The number of benzene rings is 1. The Kier molecular flexibility index (Phi) is 4.95. The SMILES string of the molecule is Cl.N#Cc1ccc(CN2CCNCC2=O)cc1. The number of nitrogens with zero attached hydrogens (tertiary/aromatic N) is 2. The van der Waals surface area contributed by atoms with Gasteiger partial charge in [-0.05, 0) is 17.7 Å². The molecule has 0 aliphatic carbocycles. The highest BCUT2D eigenvalue weighted by molar-refractivity contribution is 5.85. The van der Waals surface area contributed by atoms with Crippen molar-refractivity contribution < 1.29 is 4.79 Å². The Morgan fingerprint density at radius 2 is 2.06 bits per heavy atom. The van der Waals surface area contributed by atoms with Crippen LogP contribution in [0.4, 0.5) is 0 Å². The summed E-state index contributed by atoms with van der Waals surface area (Å²) in [7, 11) is 0. The molecule has 0 radical (unpaired) electrons. The third-order valence-electron chi connectivity index (χ3n) is 2.64. The maximum Gasteiger partial charge on any atom is 0.236 e. The molecule has 0 spiro atoms. The minimum Gasteiger partial charge on any atom is -0.336 e. The number of piperazine rings is 1. The zero-order valence-electron chi connectivity index (χ0n) is 9.35. The molecule has 2 rings (SSSR count). The lowest BCUT2D eigenvalue weighted by molar-refractivity contribution is -0.132. The van der Waals surface area contributed by atoms with Crippen LogP contribution in [-0.4, -0.2) is 30.4 Å². The van der Waals surface area contributed by atoms with Crippen molar-refractivity contribution in [2.45, 2.75) is 6.54 Å². The largest absolute Gasteiger partial charge is 0.336 e. The summed E-state index contributed by atoms with van der Waals surface area (Å²) in [6, 6.07) is 9.43. The highest BCUT2D eigenvalue weighted by atomic mass is 35.5. The van der Waals surface area contributed by atoms with Crippen LogP contribution in [0.3, 0.4) is 0 Å². The van der Waals surface area contributed by atoms with Crippen molar-refractivity contribution in [3.05, 3.63) is 35.4 Å². The molecule has 1 heterocycles. The van der Waals surface area contributed by atoms with Gasteiger partial charge < -0.3 is 10.2 Å².